The van der Waals surface area contributed by atoms with Crippen LogP contribution in [0.4, 0.5) is 0 Å². The molecule has 1 aliphatic rings. The number of fused-ring (bicyclic) bond motifs is 1. The molecule has 0 aliphatic carbocycles. The predicted octanol–water partition coefficient (Wildman–Crippen LogP) is 3.64. The summed E-state index contributed by atoms with van der Waals surface area (Å²) in [6.07, 6.45) is 7.76. The van der Waals surface area contributed by atoms with Crippen LogP contribution in [-0.4, -0.2) is 51.9 Å². The molecule has 0 bridgehead atoms. The molecule has 0 atom stereocenters. The van der Waals surface area contributed by atoms with Crippen LogP contribution in [0.15, 0.2) is 42.7 Å². The van der Waals surface area contributed by atoms with E-state index in [1.807, 2.05) is 29.3 Å². The predicted molar refractivity (Wildman–Crippen MR) is 106 cm³/mol. The molecular weight excluding hydrogens is 368 g/mol. The number of nitrogens with zero attached hydrogens (tertiary/aromatic N) is 3. The number of H-pyrrole nitrogens is 1. The Kier molecular flexibility index (Phi) is 5.06. The SMILES string of the molecule is O=C1CN(CC=Cc2ccc(Cl)s2)CCN1Cc1cc2cnccc2[nH]1. The van der Waals surface area contributed by atoms with Crippen molar-refractivity contribution in [1.29, 1.82) is 0 Å². The molecule has 26 heavy (non-hydrogen) atoms. The zero-order chi connectivity index (χ0) is 17.9. The molecule has 3 aromatic rings. The first-order chi connectivity index (χ1) is 12.7. The van der Waals surface area contributed by atoms with Gasteiger partial charge in [-0.2, -0.15) is 0 Å². The van der Waals surface area contributed by atoms with Gasteiger partial charge in [-0.25, -0.2) is 0 Å². The van der Waals surface area contributed by atoms with Crippen LogP contribution < -0.4 is 0 Å². The molecule has 5 nitrogen and oxygen atoms in total. The fraction of sp³-hybridized carbons (Fsp3) is 0.263. The van der Waals surface area contributed by atoms with Crippen molar-refractivity contribution in [2.75, 3.05) is 26.2 Å². The average molecular weight is 387 g/mol. The van der Waals surface area contributed by atoms with E-state index in [0.29, 0.717) is 13.1 Å². The maximum Gasteiger partial charge on any atom is 0.237 e. The average Bonchev–Trinajstić information content (AvgIpc) is 3.22. The van der Waals surface area contributed by atoms with Gasteiger partial charge in [0.2, 0.25) is 5.91 Å². The van der Waals surface area contributed by atoms with Crippen molar-refractivity contribution in [3.05, 3.63) is 57.6 Å². The van der Waals surface area contributed by atoms with Gasteiger partial charge in [-0.15, -0.1) is 11.3 Å². The van der Waals surface area contributed by atoms with E-state index in [1.165, 1.54) is 0 Å². The molecule has 3 aromatic heterocycles. The van der Waals surface area contributed by atoms with Gasteiger partial charge in [-0.05, 0) is 30.3 Å². The van der Waals surface area contributed by atoms with Gasteiger partial charge in [0.1, 0.15) is 0 Å². The normalized spacial score (nSPS) is 16.2. The molecule has 0 spiro atoms. The topological polar surface area (TPSA) is 52.2 Å². The number of aromatic nitrogens is 2. The number of hydrogen-bond acceptors (Lipinski definition) is 4. The van der Waals surface area contributed by atoms with E-state index in [2.05, 4.69) is 33.1 Å². The van der Waals surface area contributed by atoms with Crippen molar-refractivity contribution >= 4 is 45.8 Å². The fourth-order valence-electron chi connectivity index (χ4n) is 3.14. The number of hydrogen-bond donors (Lipinski definition) is 1. The van der Waals surface area contributed by atoms with Crippen LogP contribution in [0.2, 0.25) is 4.34 Å². The van der Waals surface area contributed by atoms with E-state index in [9.17, 15) is 4.79 Å². The standard InChI is InChI=1S/C19H19ClN4OS/c20-18-4-3-16(26-18)2-1-7-23-8-9-24(19(25)13-23)12-15-10-14-11-21-6-5-17(14)22-15/h1-6,10-11,22H,7-9,12-13H2. The number of aromatic amines is 1. The van der Waals surface area contributed by atoms with E-state index in [4.69, 9.17) is 11.6 Å². The molecule has 1 saturated heterocycles. The van der Waals surface area contributed by atoms with Crippen molar-refractivity contribution in [2.45, 2.75) is 6.54 Å². The van der Waals surface area contributed by atoms with Crippen molar-refractivity contribution in [3.8, 4) is 0 Å². The summed E-state index contributed by atoms with van der Waals surface area (Å²) in [4.78, 5) is 25.2. The van der Waals surface area contributed by atoms with Gasteiger partial charge in [-0.1, -0.05) is 17.7 Å². The third-order valence-corrected chi connectivity index (χ3v) is 5.67. The molecule has 0 unspecified atom stereocenters. The maximum atomic E-state index is 12.5. The number of nitrogens with one attached hydrogen (secondary N) is 1. The quantitative estimate of drug-likeness (QED) is 0.728. The molecule has 4 rings (SSSR count). The molecule has 1 amide bonds. The third kappa shape index (κ3) is 3.98. The van der Waals surface area contributed by atoms with Crippen molar-refractivity contribution in [3.63, 3.8) is 0 Å². The Hall–Kier alpha value is -2.15. The molecular formula is C19H19ClN4OS. The van der Waals surface area contributed by atoms with Crippen LogP contribution in [-0.2, 0) is 11.3 Å². The van der Waals surface area contributed by atoms with E-state index >= 15 is 0 Å². The highest BCUT2D eigenvalue weighted by molar-refractivity contribution is 7.16. The van der Waals surface area contributed by atoms with E-state index in [-0.39, 0.29) is 5.91 Å². The van der Waals surface area contributed by atoms with Gasteiger partial charge < -0.3 is 9.88 Å². The Morgan fingerprint density at radius 2 is 2.23 bits per heavy atom. The monoisotopic (exact) mass is 386 g/mol. The Morgan fingerprint density at radius 1 is 1.31 bits per heavy atom. The smallest absolute Gasteiger partial charge is 0.237 e. The minimum Gasteiger partial charge on any atom is -0.357 e. The summed E-state index contributed by atoms with van der Waals surface area (Å²) in [5.74, 6) is 0.167. The van der Waals surface area contributed by atoms with Crippen LogP contribution in [0.1, 0.15) is 10.6 Å². The second kappa shape index (κ2) is 7.61. The Morgan fingerprint density at radius 3 is 3.00 bits per heavy atom. The largest absolute Gasteiger partial charge is 0.357 e. The molecule has 0 saturated carbocycles. The van der Waals surface area contributed by atoms with Gasteiger partial charge in [0, 0.05) is 53.5 Å². The van der Waals surface area contributed by atoms with E-state index in [0.717, 1.165) is 45.4 Å². The number of rotatable bonds is 5. The van der Waals surface area contributed by atoms with Gasteiger partial charge in [-0.3, -0.25) is 14.7 Å². The van der Waals surface area contributed by atoms with Gasteiger partial charge >= 0.3 is 0 Å². The number of carbonyl (C=O) groups excluding carboxylic acids is 1. The van der Waals surface area contributed by atoms with Crippen molar-refractivity contribution in [1.82, 2.24) is 19.8 Å². The lowest BCUT2D eigenvalue weighted by Crippen LogP contribution is -2.49. The number of thiophene rings is 1. The summed E-state index contributed by atoms with van der Waals surface area (Å²) >= 11 is 7.49. The summed E-state index contributed by atoms with van der Waals surface area (Å²) in [5.41, 5.74) is 2.10. The highest BCUT2D eigenvalue weighted by atomic mass is 35.5. The summed E-state index contributed by atoms with van der Waals surface area (Å²) < 4.78 is 0.793. The Labute approximate surface area is 160 Å². The van der Waals surface area contributed by atoms with Crippen LogP contribution in [0.25, 0.3) is 17.0 Å². The first kappa shape index (κ1) is 17.3. The van der Waals surface area contributed by atoms with Crippen LogP contribution in [0.3, 0.4) is 0 Å². The first-order valence-corrected chi connectivity index (χ1v) is 9.70. The van der Waals surface area contributed by atoms with Crippen LogP contribution in [0.5, 0.6) is 0 Å². The molecule has 7 heteroatoms. The lowest BCUT2D eigenvalue weighted by molar-refractivity contribution is -0.136. The maximum absolute atomic E-state index is 12.5. The highest BCUT2D eigenvalue weighted by Gasteiger charge is 2.23. The van der Waals surface area contributed by atoms with Crippen molar-refractivity contribution in [2.24, 2.45) is 0 Å². The molecule has 134 valence electrons. The number of piperazine rings is 1. The second-order valence-corrected chi connectivity index (χ2v) is 8.10. The minimum absolute atomic E-state index is 0.167. The van der Waals surface area contributed by atoms with Gasteiger partial charge in [0.05, 0.1) is 17.4 Å². The lowest BCUT2D eigenvalue weighted by atomic mass is 10.2. The van der Waals surface area contributed by atoms with Gasteiger partial charge in [0.15, 0.2) is 0 Å². The highest BCUT2D eigenvalue weighted by Crippen LogP contribution is 2.22. The van der Waals surface area contributed by atoms with Crippen LogP contribution >= 0.6 is 22.9 Å². The summed E-state index contributed by atoms with van der Waals surface area (Å²) in [5, 5.41) is 1.08. The molecule has 4 heterocycles. The molecule has 1 aliphatic heterocycles. The third-order valence-electron chi connectivity index (χ3n) is 4.48. The van der Waals surface area contributed by atoms with Crippen LogP contribution in [0, 0.1) is 0 Å². The first-order valence-electron chi connectivity index (χ1n) is 8.51. The zero-order valence-corrected chi connectivity index (χ0v) is 15.8. The van der Waals surface area contributed by atoms with E-state index < -0.39 is 0 Å². The summed E-state index contributed by atoms with van der Waals surface area (Å²) in [6, 6.07) is 7.92. The Bertz CT molecular complexity index is 915. The number of pyridine rings is 1. The molecule has 1 fully saturated rings. The lowest BCUT2D eigenvalue weighted by Gasteiger charge is -2.33. The minimum atomic E-state index is 0.167. The van der Waals surface area contributed by atoms with Gasteiger partial charge in [0.25, 0.3) is 0 Å². The zero-order valence-electron chi connectivity index (χ0n) is 14.2. The fourth-order valence-corrected chi connectivity index (χ4v) is 4.13. The Balaban J connectivity index is 1.31. The molecule has 1 N–H and O–H groups in total. The number of amides is 1. The van der Waals surface area contributed by atoms with E-state index in [1.54, 1.807) is 17.5 Å². The molecule has 0 radical (unpaired) electrons. The van der Waals surface area contributed by atoms with Crippen molar-refractivity contribution < 1.29 is 4.79 Å². The molecule has 0 aromatic carbocycles. The summed E-state index contributed by atoms with van der Waals surface area (Å²) in [6.45, 7) is 3.46. The second-order valence-electron chi connectivity index (χ2n) is 6.35. The number of carbonyl (C=O) groups is 1. The number of halogens is 1. The summed E-state index contributed by atoms with van der Waals surface area (Å²) in [7, 11) is 0.